The minimum absolute atomic E-state index is 0.142. The number of methoxy groups -OCH3 is 1. The third-order valence-electron chi connectivity index (χ3n) is 4.70. The molecular weight excluding hydrogens is 413 g/mol. The van der Waals surface area contributed by atoms with E-state index in [4.69, 9.17) is 4.74 Å². The maximum absolute atomic E-state index is 13.3. The number of carbonyl (C=O) groups is 1. The summed E-state index contributed by atoms with van der Waals surface area (Å²) in [6.45, 7) is 6.65. The lowest BCUT2D eigenvalue weighted by Crippen LogP contribution is -2.27. The van der Waals surface area contributed by atoms with E-state index in [-0.39, 0.29) is 11.7 Å². The molecule has 1 heterocycles. The van der Waals surface area contributed by atoms with Gasteiger partial charge in [-0.15, -0.1) is 11.3 Å². The lowest BCUT2D eigenvalue weighted by atomic mass is 10.1. The molecule has 0 unspecified atom stereocenters. The van der Waals surface area contributed by atoms with Gasteiger partial charge in [0.25, 0.3) is 5.91 Å². The number of hydrogen-bond donors (Lipinski definition) is 1. The van der Waals surface area contributed by atoms with E-state index in [0.29, 0.717) is 37.8 Å². The Morgan fingerprint density at radius 3 is 2.26 bits per heavy atom. The summed E-state index contributed by atoms with van der Waals surface area (Å²) < 4.78 is 18.5. The largest absolute Gasteiger partial charge is 0.497 e. The number of nitrogens with zero attached hydrogens (tertiary/aromatic N) is 2. The van der Waals surface area contributed by atoms with Crippen molar-refractivity contribution in [2.45, 2.75) is 33.5 Å². The van der Waals surface area contributed by atoms with Crippen LogP contribution in [0.4, 0.5) is 4.39 Å². The smallest absolute Gasteiger partial charge is 0.270 e. The number of amides is 1. The molecule has 0 fully saturated rings. The second-order valence-electron chi connectivity index (χ2n) is 7.85. The van der Waals surface area contributed by atoms with Crippen LogP contribution >= 0.6 is 11.3 Å². The van der Waals surface area contributed by atoms with E-state index in [1.165, 1.54) is 23.5 Å². The van der Waals surface area contributed by atoms with Crippen LogP contribution in [0.25, 0.3) is 0 Å². The van der Waals surface area contributed by atoms with E-state index in [1.807, 2.05) is 24.3 Å². The molecule has 0 spiro atoms. The fourth-order valence-electron chi connectivity index (χ4n) is 3.07. The van der Waals surface area contributed by atoms with E-state index in [1.54, 1.807) is 24.6 Å². The van der Waals surface area contributed by atoms with Crippen molar-refractivity contribution in [2.24, 2.45) is 5.92 Å². The van der Waals surface area contributed by atoms with Gasteiger partial charge in [-0.05, 0) is 41.3 Å². The number of benzene rings is 2. The molecule has 0 saturated carbocycles. The number of halogens is 1. The highest BCUT2D eigenvalue weighted by Gasteiger charge is 2.15. The number of ether oxygens (including phenoxy) is 1. The average molecular weight is 442 g/mol. The van der Waals surface area contributed by atoms with Gasteiger partial charge in [0.05, 0.1) is 13.7 Å². The minimum Gasteiger partial charge on any atom is -0.497 e. The molecule has 0 radical (unpaired) electrons. The van der Waals surface area contributed by atoms with Gasteiger partial charge in [-0.25, -0.2) is 9.37 Å². The zero-order valence-corrected chi connectivity index (χ0v) is 18.9. The summed E-state index contributed by atoms with van der Waals surface area (Å²) in [7, 11) is 1.65. The molecule has 164 valence electrons. The number of hydrogen-bond acceptors (Lipinski definition) is 5. The van der Waals surface area contributed by atoms with Crippen LogP contribution in [0.15, 0.2) is 53.9 Å². The van der Waals surface area contributed by atoms with Crippen molar-refractivity contribution in [1.29, 1.82) is 0 Å². The zero-order chi connectivity index (χ0) is 22.2. The van der Waals surface area contributed by atoms with E-state index in [2.05, 4.69) is 29.0 Å². The fourth-order valence-corrected chi connectivity index (χ4v) is 3.89. The Morgan fingerprint density at radius 1 is 1.06 bits per heavy atom. The van der Waals surface area contributed by atoms with Gasteiger partial charge in [0.15, 0.2) is 0 Å². The lowest BCUT2D eigenvalue weighted by Gasteiger charge is -2.21. The summed E-state index contributed by atoms with van der Waals surface area (Å²) >= 11 is 1.48. The highest BCUT2D eigenvalue weighted by atomic mass is 32.1. The molecule has 5 nitrogen and oxygen atoms in total. The van der Waals surface area contributed by atoms with Crippen molar-refractivity contribution in [3.05, 3.63) is 81.6 Å². The van der Waals surface area contributed by atoms with Gasteiger partial charge in [0.2, 0.25) is 0 Å². The molecule has 1 amide bonds. The molecule has 7 heteroatoms. The van der Waals surface area contributed by atoms with Crippen molar-refractivity contribution in [3.63, 3.8) is 0 Å². The highest BCUT2D eigenvalue weighted by Crippen LogP contribution is 2.19. The maximum atomic E-state index is 13.3. The van der Waals surface area contributed by atoms with Crippen molar-refractivity contribution >= 4 is 17.2 Å². The SMILES string of the molecule is COc1ccc(CN(Cc2ccc(F)cc2)Cc2nc(C(=O)NCC(C)C)cs2)cc1. The van der Waals surface area contributed by atoms with Gasteiger partial charge in [0.1, 0.15) is 22.3 Å². The summed E-state index contributed by atoms with van der Waals surface area (Å²) in [6, 6.07) is 14.5. The second kappa shape index (κ2) is 11.0. The molecule has 0 aliphatic rings. The summed E-state index contributed by atoms with van der Waals surface area (Å²) in [4.78, 5) is 19.1. The number of thiazole rings is 1. The van der Waals surface area contributed by atoms with Crippen LogP contribution < -0.4 is 10.1 Å². The van der Waals surface area contributed by atoms with E-state index in [9.17, 15) is 9.18 Å². The third kappa shape index (κ3) is 7.15. The standard InChI is InChI=1S/C24H28FN3O2S/c1-17(2)12-26-24(29)22-16-31-23(27-22)15-28(13-18-4-8-20(25)9-5-18)14-19-6-10-21(30-3)11-7-19/h4-11,16-17H,12-15H2,1-3H3,(H,26,29). The van der Waals surface area contributed by atoms with Crippen LogP contribution in [0.2, 0.25) is 0 Å². The number of aromatic nitrogens is 1. The average Bonchev–Trinajstić information content (AvgIpc) is 3.22. The highest BCUT2D eigenvalue weighted by molar-refractivity contribution is 7.09. The molecular formula is C24H28FN3O2S. The van der Waals surface area contributed by atoms with Crippen LogP contribution in [0.5, 0.6) is 5.75 Å². The maximum Gasteiger partial charge on any atom is 0.270 e. The number of carbonyl (C=O) groups excluding carboxylic acids is 1. The van der Waals surface area contributed by atoms with Crippen LogP contribution in [-0.2, 0) is 19.6 Å². The molecule has 1 N–H and O–H groups in total. The molecule has 0 saturated heterocycles. The zero-order valence-electron chi connectivity index (χ0n) is 18.1. The molecule has 0 atom stereocenters. The van der Waals surface area contributed by atoms with Gasteiger partial charge in [-0.2, -0.15) is 0 Å². The Balaban J connectivity index is 1.72. The monoisotopic (exact) mass is 441 g/mol. The van der Waals surface area contributed by atoms with E-state index < -0.39 is 0 Å². The first-order chi connectivity index (χ1) is 14.9. The molecule has 3 aromatic rings. The minimum atomic E-state index is -0.248. The van der Waals surface area contributed by atoms with Gasteiger partial charge in [-0.3, -0.25) is 9.69 Å². The van der Waals surface area contributed by atoms with Crippen LogP contribution in [0.1, 0.15) is 40.5 Å². The van der Waals surface area contributed by atoms with Crippen molar-refractivity contribution in [2.75, 3.05) is 13.7 Å². The molecule has 31 heavy (non-hydrogen) atoms. The third-order valence-corrected chi connectivity index (χ3v) is 5.53. The first-order valence-electron chi connectivity index (χ1n) is 10.2. The molecule has 1 aromatic heterocycles. The van der Waals surface area contributed by atoms with E-state index >= 15 is 0 Å². The molecule has 0 aliphatic carbocycles. The van der Waals surface area contributed by atoms with Crippen LogP contribution in [0, 0.1) is 11.7 Å². The molecule has 0 aliphatic heterocycles. The predicted molar refractivity (Wildman–Crippen MR) is 122 cm³/mol. The van der Waals surface area contributed by atoms with Gasteiger partial charge in [-0.1, -0.05) is 38.1 Å². The van der Waals surface area contributed by atoms with Gasteiger partial charge in [0, 0.05) is 25.0 Å². The summed E-state index contributed by atoms with van der Waals surface area (Å²) in [6.07, 6.45) is 0. The van der Waals surface area contributed by atoms with Crippen molar-refractivity contribution < 1.29 is 13.9 Å². The summed E-state index contributed by atoms with van der Waals surface area (Å²) in [5.41, 5.74) is 2.60. The van der Waals surface area contributed by atoms with Crippen molar-refractivity contribution in [3.8, 4) is 5.75 Å². The predicted octanol–water partition coefficient (Wildman–Crippen LogP) is 4.88. The lowest BCUT2D eigenvalue weighted by molar-refractivity contribution is 0.0944. The van der Waals surface area contributed by atoms with Gasteiger partial charge >= 0.3 is 0 Å². The Kier molecular flexibility index (Phi) is 8.14. The summed E-state index contributed by atoms with van der Waals surface area (Å²) in [5, 5.41) is 5.57. The normalized spacial score (nSPS) is 11.2. The fraction of sp³-hybridized carbons (Fsp3) is 0.333. The Labute approximate surface area is 186 Å². The number of nitrogens with one attached hydrogen (secondary N) is 1. The van der Waals surface area contributed by atoms with E-state index in [0.717, 1.165) is 21.9 Å². The molecule has 0 bridgehead atoms. The second-order valence-corrected chi connectivity index (χ2v) is 8.79. The quantitative estimate of drug-likeness (QED) is 0.487. The van der Waals surface area contributed by atoms with Gasteiger partial charge < -0.3 is 10.1 Å². The van der Waals surface area contributed by atoms with Crippen LogP contribution in [0.3, 0.4) is 0 Å². The topological polar surface area (TPSA) is 54.5 Å². The number of rotatable bonds is 10. The Morgan fingerprint density at radius 2 is 1.68 bits per heavy atom. The Hall–Kier alpha value is -2.77. The Bertz CT molecular complexity index is 971. The summed E-state index contributed by atoms with van der Waals surface area (Å²) in [5.74, 6) is 0.808. The van der Waals surface area contributed by atoms with Crippen LogP contribution in [-0.4, -0.2) is 29.4 Å². The van der Waals surface area contributed by atoms with Crippen molar-refractivity contribution in [1.82, 2.24) is 15.2 Å². The molecule has 3 rings (SSSR count). The first kappa shape index (κ1) is 22.9. The molecule has 2 aromatic carbocycles. The first-order valence-corrected chi connectivity index (χ1v) is 11.1.